The van der Waals surface area contributed by atoms with Crippen molar-refractivity contribution in [3.63, 3.8) is 0 Å². The number of hydrogen-bond donors (Lipinski definition) is 3. The fourth-order valence-electron chi connectivity index (χ4n) is 2.35. The summed E-state index contributed by atoms with van der Waals surface area (Å²) in [6.07, 6.45) is 0.437. The number of aromatic nitrogens is 1. The zero-order chi connectivity index (χ0) is 13.6. The molecule has 0 saturated heterocycles. The first-order valence-electron chi connectivity index (χ1n) is 6.17. The number of benzene rings is 1. The second-order valence-corrected chi connectivity index (χ2v) is 5.03. The Kier molecular flexibility index (Phi) is 2.55. The number of amides is 1. The zero-order valence-electron chi connectivity index (χ0n) is 10.4. The summed E-state index contributed by atoms with van der Waals surface area (Å²) >= 11 is 0. The minimum Gasteiger partial charge on any atom is -0.481 e. The van der Waals surface area contributed by atoms with Crippen molar-refractivity contribution in [2.24, 2.45) is 11.8 Å². The van der Waals surface area contributed by atoms with Gasteiger partial charge in [0.05, 0.1) is 11.8 Å². The Morgan fingerprint density at radius 1 is 1.32 bits per heavy atom. The zero-order valence-corrected chi connectivity index (χ0v) is 10.4. The van der Waals surface area contributed by atoms with E-state index in [-0.39, 0.29) is 11.8 Å². The molecule has 1 fully saturated rings. The summed E-state index contributed by atoms with van der Waals surface area (Å²) in [7, 11) is 0. The largest absolute Gasteiger partial charge is 0.481 e. The lowest BCUT2D eigenvalue weighted by Gasteiger charge is -2.04. The molecule has 1 heterocycles. The van der Waals surface area contributed by atoms with Crippen LogP contribution in [0.15, 0.2) is 24.3 Å². The molecular weight excluding hydrogens is 244 g/mol. The molecule has 3 rings (SSSR count). The highest BCUT2D eigenvalue weighted by Crippen LogP contribution is 2.39. The maximum atomic E-state index is 11.8. The van der Waals surface area contributed by atoms with E-state index in [9.17, 15) is 9.59 Å². The Hall–Kier alpha value is -2.30. The van der Waals surface area contributed by atoms with Crippen molar-refractivity contribution in [3.8, 4) is 0 Å². The average molecular weight is 258 g/mol. The lowest BCUT2D eigenvalue weighted by atomic mass is 10.2. The SMILES string of the molecule is Cc1cc2cc(NC(=O)C3CC3C(=O)O)ccc2[nH]1. The third-order valence-electron chi connectivity index (χ3n) is 3.47. The molecule has 1 saturated carbocycles. The van der Waals surface area contributed by atoms with Gasteiger partial charge in [-0.1, -0.05) is 0 Å². The van der Waals surface area contributed by atoms with E-state index in [1.165, 1.54) is 0 Å². The van der Waals surface area contributed by atoms with Gasteiger partial charge in [-0.15, -0.1) is 0 Å². The lowest BCUT2D eigenvalue weighted by molar-refractivity contribution is -0.139. The van der Waals surface area contributed by atoms with Crippen molar-refractivity contribution in [2.75, 3.05) is 5.32 Å². The molecule has 1 amide bonds. The fourth-order valence-corrected chi connectivity index (χ4v) is 2.35. The predicted octanol–water partition coefficient (Wildman–Crippen LogP) is 2.14. The number of nitrogens with one attached hydrogen (secondary N) is 2. The smallest absolute Gasteiger partial charge is 0.307 e. The number of carboxylic acids is 1. The molecule has 0 radical (unpaired) electrons. The first-order valence-corrected chi connectivity index (χ1v) is 6.17. The van der Waals surface area contributed by atoms with E-state index in [1.807, 2.05) is 31.2 Å². The van der Waals surface area contributed by atoms with Crippen LogP contribution in [0, 0.1) is 18.8 Å². The first-order chi connectivity index (χ1) is 9.04. The molecule has 3 N–H and O–H groups in total. The molecule has 1 aromatic carbocycles. The molecule has 1 aromatic heterocycles. The van der Waals surface area contributed by atoms with Gasteiger partial charge < -0.3 is 15.4 Å². The van der Waals surface area contributed by atoms with E-state index in [2.05, 4.69) is 10.3 Å². The number of carbonyl (C=O) groups excluding carboxylic acids is 1. The van der Waals surface area contributed by atoms with Crippen LogP contribution in [0.25, 0.3) is 10.9 Å². The molecule has 2 unspecified atom stereocenters. The molecule has 5 nitrogen and oxygen atoms in total. The molecule has 2 aromatic rings. The molecule has 1 aliphatic rings. The second-order valence-electron chi connectivity index (χ2n) is 5.03. The van der Waals surface area contributed by atoms with Crippen LogP contribution in [0.5, 0.6) is 0 Å². The maximum absolute atomic E-state index is 11.8. The highest BCUT2D eigenvalue weighted by molar-refractivity contribution is 5.99. The van der Waals surface area contributed by atoms with E-state index in [4.69, 9.17) is 5.11 Å². The average Bonchev–Trinajstić information content (AvgIpc) is 3.06. The molecule has 0 bridgehead atoms. The fraction of sp³-hybridized carbons (Fsp3) is 0.286. The molecule has 0 spiro atoms. The molecular formula is C14H14N2O3. The third-order valence-corrected chi connectivity index (χ3v) is 3.47. The first kappa shape index (κ1) is 11.8. The standard InChI is InChI=1S/C14H14N2O3/c1-7-4-8-5-9(2-3-12(8)15-7)16-13(17)10-6-11(10)14(18)19/h2-5,10-11,15H,6H2,1H3,(H,16,17)(H,18,19). The Balaban J connectivity index is 1.75. The van der Waals surface area contributed by atoms with Crippen molar-refractivity contribution < 1.29 is 14.7 Å². The summed E-state index contributed by atoms with van der Waals surface area (Å²) in [5, 5.41) is 12.6. The van der Waals surface area contributed by atoms with Gasteiger partial charge in [-0.05, 0) is 37.6 Å². The number of hydrogen-bond acceptors (Lipinski definition) is 2. The minimum atomic E-state index is -0.892. The van der Waals surface area contributed by atoms with Crippen LogP contribution in [0.2, 0.25) is 0 Å². The number of aryl methyl sites for hydroxylation is 1. The normalized spacial score (nSPS) is 21.3. The van der Waals surface area contributed by atoms with Crippen molar-refractivity contribution in [3.05, 3.63) is 30.0 Å². The van der Waals surface area contributed by atoms with E-state index in [0.29, 0.717) is 12.1 Å². The summed E-state index contributed by atoms with van der Waals surface area (Å²) in [5.41, 5.74) is 2.78. The monoisotopic (exact) mass is 258 g/mol. The van der Waals surface area contributed by atoms with Gasteiger partial charge in [-0.2, -0.15) is 0 Å². The number of aliphatic carboxylic acids is 1. The summed E-state index contributed by atoms with van der Waals surface area (Å²) in [6, 6.07) is 7.60. The molecule has 1 aliphatic carbocycles. The van der Waals surface area contributed by atoms with E-state index in [1.54, 1.807) is 0 Å². The van der Waals surface area contributed by atoms with E-state index in [0.717, 1.165) is 16.6 Å². The Morgan fingerprint density at radius 2 is 2.11 bits per heavy atom. The lowest BCUT2D eigenvalue weighted by Crippen LogP contribution is -2.16. The highest BCUT2D eigenvalue weighted by atomic mass is 16.4. The maximum Gasteiger partial charge on any atom is 0.307 e. The number of H-pyrrole nitrogens is 1. The Morgan fingerprint density at radius 3 is 2.79 bits per heavy atom. The van der Waals surface area contributed by atoms with Crippen molar-refractivity contribution in [1.29, 1.82) is 0 Å². The minimum absolute atomic E-state index is 0.209. The number of fused-ring (bicyclic) bond motifs is 1. The number of carbonyl (C=O) groups is 2. The topological polar surface area (TPSA) is 82.2 Å². The van der Waals surface area contributed by atoms with Crippen LogP contribution in [0.1, 0.15) is 12.1 Å². The van der Waals surface area contributed by atoms with Crippen LogP contribution in [-0.2, 0) is 9.59 Å². The van der Waals surface area contributed by atoms with Gasteiger partial charge in [0.2, 0.25) is 5.91 Å². The summed E-state index contributed by atoms with van der Waals surface area (Å²) < 4.78 is 0. The quantitative estimate of drug-likeness (QED) is 0.788. The van der Waals surface area contributed by atoms with Crippen LogP contribution < -0.4 is 5.32 Å². The van der Waals surface area contributed by atoms with Crippen LogP contribution in [0.3, 0.4) is 0 Å². The molecule has 5 heteroatoms. The van der Waals surface area contributed by atoms with Gasteiger partial charge in [-0.3, -0.25) is 9.59 Å². The van der Waals surface area contributed by atoms with Crippen LogP contribution in [-0.4, -0.2) is 22.0 Å². The van der Waals surface area contributed by atoms with Crippen LogP contribution >= 0.6 is 0 Å². The predicted molar refractivity (Wildman–Crippen MR) is 70.9 cm³/mol. The van der Waals surface area contributed by atoms with Crippen molar-refractivity contribution in [1.82, 2.24) is 4.98 Å². The van der Waals surface area contributed by atoms with E-state index < -0.39 is 11.9 Å². The number of aromatic amines is 1. The second kappa shape index (κ2) is 4.12. The number of anilines is 1. The van der Waals surface area contributed by atoms with Crippen molar-refractivity contribution in [2.45, 2.75) is 13.3 Å². The molecule has 98 valence electrons. The summed E-state index contributed by atoms with van der Waals surface area (Å²) in [5.74, 6) is -2.00. The van der Waals surface area contributed by atoms with Gasteiger partial charge in [0.1, 0.15) is 0 Å². The van der Waals surface area contributed by atoms with Crippen molar-refractivity contribution >= 4 is 28.5 Å². The van der Waals surface area contributed by atoms with Gasteiger partial charge in [0.15, 0.2) is 0 Å². The van der Waals surface area contributed by atoms with Gasteiger partial charge in [0.25, 0.3) is 0 Å². The highest BCUT2D eigenvalue weighted by Gasteiger charge is 2.48. The third kappa shape index (κ3) is 2.19. The Labute approximate surface area is 109 Å². The molecule has 19 heavy (non-hydrogen) atoms. The number of carboxylic acid groups (broad SMARTS) is 1. The molecule has 0 aliphatic heterocycles. The van der Waals surface area contributed by atoms with Gasteiger partial charge >= 0.3 is 5.97 Å². The summed E-state index contributed by atoms with van der Waals surface area (Å²) in [4.78, 5) is 25.8. The summed E-state index contributed by atoms with van der Waals surface area (Å²) in [6.45, 7) is 1.97. The van der Waals surface area contributed by atoms with Gasteiger partial charge in [-0.25, -0.2) is 0 Å². The van der Waals surface area contributed by atoms with Gasteiger partial charge in [0, 0.05) is 22.3 Å². The Bertz CT molecular complexity index is 674. The van der Waals surface area contributed by atoms with E-state index >= 15 is 0 Å². The number of rotatable bonds is 3. The van der Waals surface area contributed by atoms with Crippen LogP contribution in [0.4, 0.5) is 5.69 Å². The molecule has 2 atom stereocenters.